The lowest BCUT2D eigenvalue weighted by Crippen LogP contribution is -2.31. The number of aromatic nitrogens is 6. The molecule has 1 unspecified atom stereocenters. The van der Waals surface area contributed by atoms with E-state index >= 15 is 0 Å². The number of aryl methyl sites for hydroxylation is 1. The maximum Gasteiger partial charge on any atom is 0.186 e. The van der Waals surface area contributed by atoms with E-state index in [4.69, 9.17) is 9.82 Å². The summed E-state index contributed by atoms with van der Waals surface area (Å²) in [6, 6.07) is 0. The van der Waals surface area contributed by atoms with Gasteiger partial charge in [-0.1, -0.05) is 20.8 Å². The predicted octanol–water partition coefficient (Wildman–Crippen LogP) is 1.88. The van der Waals surface area contributed by atoms with E-state index in [2.05, 4.69) is 45.8 Å². The molecule has 29 heavy (non-hydrogen) atoms. The second-order valence-corrected chi connectivity index (χ2v) is 9.42. The highest BCUT2D eigenvalue weighted by Crippen LogP contribution is 2.30. The Kier molecular flexibility index (Phi) is 4.72. The van der Waals surface area contributed by atoms with Gasteiger partial charge in [-0.05, 0) is 31.2 Å². The van der Waals surface area contributed by atoms with Crippen molar-refractivity contribution < 1.29 is 9.94 Å². The Balaban J connectivity index is 1.75. The second kappa shape index (κ2) is 6.98. The topological polar surface area (TPSA) is 105 Å². The Hall–Kier alpha value is -2.68. The third kappa shape index (κ3) is 4.19. The van der Waals surface area contributed by atoms with Crippen LogP contribution in [0.4, 0.5) is 5.82 Å². The van der Waals surface area contributed by atoms with Gasteiger partial charge in [0.2, 0.25) is 0 Å². The van der Waals surface area contributed by atoms with Crippen molar-refractivity contribution >= 4 is 17.0 Å². The smallest absolute Gasteiger partial charge is 0.186 e. The first-order chi connectivity index (χ1) is 13.6. The van der Waals surface area contributed by atoms with Crippen LogP contribution in [0.5, 0.6) is 0 Å². The summed E-state index contributed by atoms with van der Waals surface area (Å²) in [4.78, 5) is 22.1. The molecule has 1 saturated heterocycles. The van der Waals surface area contributed by atoms with E-state index in [-0.39, 0.29) is 5.41 Å². The fourth-order valence-corrected chi connectivity index (χ4v) is 3.42. The predicted molar refractivity (Wildman–Crippen MR) is 110 cm³/mol. The van der Waals surface area contributed by atoms with Gasteiger partial charge < -0.3 is 14.8 Å². The summed E-state index contributed by atoms with van der Waals surface area (Å²) in [5.74, 6) is 1.40. The van der Waals surface area contributed by atoms with Crippen molar-refractivity contribution in [2.45, 2.75) is 53.1 Å². The van der Waals surface area contributed by atoms with Gasteiger partial charge >= 0.3 is 0 Å². The van der Waals surface area contributed by atoms with Crippen LogP contribution in [0, 0.1) is 12.3 Å². The lowest BCUT2D eigenvalue weighted by atomic mass is 9.99. The molecule has 9 heteroatoms. The maximum atomic E-state index is 10.5. The number of rotatable bonds is 5. The summed E-state index contributed by atoms with van der Waals surface area (Å²) >= 11 is 0. The number of aromatic amines is 1. The van der Waals surface area contributed by atoms with Gasteiger partial charge in [0.15, 0.2) is 17.0 Å². The standard InChI is InChI=1S/C20H29N7O2/c1-13-9-22-25-14(13)8-15-23-17-16(27(12-21-17)29-11-19(2,3)4)18(24-15)26-7-6-20(5,28)10-26/h9,12,28H,6-8,10-11H2,1-5H3,(H,22,25). The first-order valence-electron chi connectivity index (χ1n) is 9.95. The molecule has 4 rings (SSSR count). The zero-order chi connectivity index (χ0) is 20.8. The van der Waals surface area contributed by atoms with Crippen LogP contribution in [-0.4, -0.2) is 60.3 Å². The van der Waals surface area contributed by atoms with E-state index in [0.717, 1.165) is 22.6 Å². The normalized spacial score (nSPS) is 20.0. The maximum absolute atomic E-state index is 10.5. The number of nitrogens with one attached hydrogen (secondary N) is 1. The molecular formula is C20H29N7O2. The molecule has 2 N–H and O–H groups in total. The molecule has 0 spiro atoms. The molecule has 156 valence electrons. The van der Waals surface area contributed by atoms with Crippen molar-refractivity contribution in [3.63, 3.8) is 0 Å². The Morgan fingerprint density at radius 3 is 2.72 bits per heavy atom. The number of hydrogen-bond acceptors (Lipinski definition) is 7. The number of fused-ring (bicyclic) bond motifs is 1. The van der Waals surface area contributed by atoms with Gasteiger partial charge in [0.1, 0.15) is 18.8 Å². The van der Waals surface area contributed by atoms with Crippen LogP contribution in [0.1, 0.15) is 51.2 Å². The zero-order valence-electron chi connectivity index (χ0n) is 17.7. The summed E-state index contributed by atoms with van der Waals surface area (Å²) < 4.78 is 1.66. The lowest BCUT2D eigenvalue weighted by Gasteiger charge is -2.23. The summed E-state index contributed by atoms with van der Waals surface area (Å²) in [5.41, 5.74) is 2.63. The van der Waals surface area contributed by atoms with Crippen molar-refractivity contribution in [3.8, 4) is 0 Å². The number of imidazole rings is 1. The summed E-state index contributed by atoms with van der Waals surface area (Å²) in [7, 11) is 0. The zero-order valence-corrected chi connectivity index (χ0v) is 17.7. The monoisotopic (exact) mass is 399 g/mol. The SMILES string of the molecule is Cc1cn[nH]c1Cc1nc(N2CCC(C)(O)C2)c2c(ncn2OCC(C)(C)C)n1. The van der Waals surface area contributed by atoms with Gasteiger partial charge in [-0.25, -0.2) is 15.0 Å². The quantitative estimate of drug-likeness (QED) is 0.675. The van der Waals surface area contributed by atoms with E-state index < -0.39 is 5.60 Å². The fraction of sp³-hybridized carbons (Fsp3) is 0.600. The molecular weight excluding hydrogens is 370 g/mol. The Morgan fingerprint density at radius 2 is 2.10 bits per heavy atom. The molecule has 9 nitrogen and oxygen atoms in total. The minimum Gasteiger partial charge on any atom is -0.412 e. The van der Waals surface area contributed by atoms with Crippen molar-refractivity contribution in [1.82, 2.24) is 29.9 Å². The first-order valence-corrected chi connectivity index (χ1v) is 9.95. The molecule has 0 saturated carbocycles. The fourth-order valence-electron chi connectivity index (χ4n) is 3.42. The van der Waals surface area contributed by atoms with Gasteiger partial charge in [-0.2, -0.15) is 9.83 Å². The Bertz CT molecular complexity index is 1020. The van der Waals surface area contributed by atoms with Crippen molar-refractivity contribution in [2.75, 3.05) is 24.6 Å². The van der Waals surface area contributed by atoms with Crippen LogP contribution in [0.15, 0.2) is 12.5 Å². The third-order valence-corrected chi connectivity index (χ3v) is 5.06. The number of nitrogens with zero attached hydrogens (tertiary/aromatic N) is 6. The van der Waals surface area contributed by atoms with Crippen molar-refractivity contribution in [2.24, 2.45) is 5.41 Å². The molecule has 1 atom stereocenters. The first kappa shape index (κ1) is 19.6. The molecule has 0 radical (unpaired) electrons. The minimum absolute atomic E-state index is 0.00696. The van der Waals surface area contributed by atoms with Crippen LogP contribution in [-0.2, 0) is 6.42 Å². The van der Waals surface area contributed by atoms with E-state index in [1.807, 2.05) is 13.8 Å². The van der Waals surface area contributed by atoms with E-state index in [1.165, 1.54) is 0 Å². The molecule has 1 aliphatic heterocycles. The van der Waals surface area contributed by atoms with E-state index in [9.17, 15) is 5.11 Å². The minimum atomic E-state index is -0.742. The molecule has 0 aromatic carbocycles. The highest BCUT2D eigenvalue weighted by molar-refractivity contribution is 5.84. The van der Waals surface area contributed by atoms with Gasteiger partial charge in [0.25, 0.3) is 0 Å². The molecule has 3 aromatic rings. The van der Waals surface area contributed by atoms with Gasteiger partial charge in [-0.3, -0.25) is 5.10 Å². The largest absolute Gasteiger partial charge is 0.412 e. The molecule has 3 aromatic heterocycles. The number of anilines is 1. The van der Waals surface area contributed by atoms with Crippen molar-refractivity contribution in [1.29, 1.82) is 0 Å². The van der Waals surface area contributed by atoms with Gasteiger partial charge in [0.05, 0.1) is 11.8 Å². The Morgan fingerprint density at radius 1 is 1.31 bits per heavy atom. The average Bonchev–Trinajstić information content (AvgIpc) is 3.31. The highest BCUT2D eigenvalue weighted by Gasteiger charge is 2.34. The number of hydrogen-bond donors (Lipinski definition) is 2. The van der Waals surface area contributed by atoms with Crippen molar-refractivity contribution in [3.05, 3.63) is 29.6 Å². The molecule has 0 aliphatic carbocycles. The molecule has 1 fully saturated rings. The van der Waals surface area contributed by atoms with Crippen LogP contribution < -0.4 is 9.74 Å². The highest BCUT2D eigenvalue weighted by atomic mass is 16.7. The number of aliphatic hydroxyl groups is 1. The van der Waals surface area contributed by atoms with E-state index in [1.54, 1.807) is 17.3 Å². The van der Waals surface area contributed by atoms with E-state index in [0.29, 0.717) is 44.0 Å². The van der Waals surface area contributed by atoms with Gasteiger partial charge in [0, 0.05) is 25.2 Å². The summed E-state index contributed by atoms with van der Waals surface area (Å²) in [6.45, 7) is 12.0. The third-order valence-electron chi connectivity index (χ3n) is 5.06. The van der Waals surface area contributed by atoms with Crippen LogP contribution in [0.3, 0.4) is 0 Å². The van der Waals surface area contributed by atoms with Crippen LogP contribution >= 0.6 is 0 Å². The average molecular weight is 399 g/mol. The second-order valence-electron chi connectivity index (χ2n) is 9.42. The van der Waals surface area contributed by atoms with Crippen LogP contribution in [0.2, 0.25) is 0 Å². The molecule has 0 bridgehead atoms. The number of H-pyrrole nitrogens is 1. The lowest BCUT2D eigenvalue weighted by molar-refractivity contribution is 0.0617. The summed E-state index contributed by atoms with van der Waals surface area (Å²) in [6.07, 6.45) is 4.66. The van der Waals surface area contributed by atoms with Gasteiger partial charge in [-0.15, -0.1) is 0 Å². The summed E-state index contributed by atoms with van der Waals surface area (Å²) in [5, 5.41) is 17.6. The molecule has 1 aliphatic rings. The van der Waals surface area contributed by atoms with Crippen LogP contribution in [0.25, 0.3) is 11.2 Å². The molecule has 0 amide bonds. The number of β-amino-alcohol motifs (C(OH)–C–C–N with tert-alkyl or cyclic N) is 1. The Labute approximate surface area is 170 Å². The molecule has 4 heterocycles.